The predicted octanol–water partition coefficient (Wildman–Crippen LogP) is 1.42. The highest BCUT2D eigenvalue weighted by Gasteiger charge is 2.39. The van der Waals surface area contributed by atoms with Crippen molar-refractivity contribution in [1.82, 2.24) is 14.9 Å². The summed E-state index contributed by atoms with van der Waals surface area (Å²) in [5.41, 5.74) is -0.929. The fourth-order valence-corrected chi connectivity index (χ4v) is 4.72. The van der Waals surface area contributed by atoms with Crippen molar-refractivity contribution in [3.8, 4) is 0 Å². The SMILES string of the molecule is O=S(=O)(c1ccc(C(F)(F)F)cc1)N1CCC2(CC1)CNCCN2. The number of piperazine rings is 1. The first-order chi connectivity index (χ1) is 11.2. The van der Waals surface area contributed by atoms with E-state index in [4.69, 9.17) is 0 Å². The van der Waals surface area contributed by atoms with Crippen LogP contribution in [0.2, 0.25) is 0 Å². The molecule has 0 bridgehead atoms. The second kappa shape index (κ2) is 6.29. The fourth-order valence-electron chi connectivity index (χ4n) is 3.28. The lowest BCUT2D eigenvalue weighted by Gasteiger charge is -2.44. The summed E-state index contributed by atoms with van der Waals surface area (Å²) in [6.45, 7) is 3.28. The quantitative estimate of drug-likeness (QED) is 0.834. The molecule has 2 aliphatic heterocycles. The van der Waals surface area contributed by atoms with Crippen molar-refractivity contribution in [3.63, 3.8) is 0 Å². The molecule has 0 saturated carbocycles. The van der Waals surface area contributed by atoms with Gasteiger partial charge in [0, 0.05) is 38.3 Å². The molecule has 1 aromatic carbocycles. The van der Waals surface area contributed by atoms with E-state index in [1.54, 1.807) is 0 Å². The molecule has 3 rings (SSSR count). The predicted molar refractivity (Wildman–Crippen MR) is 83.0 cm³/mol. The fraction of sp³-hybridized carbons (Fsp3) is 0.600. The largest absolute Gasteiger partial charge is 0.416 e. The summed E-state index contributed by atoms with van der Waals surface area (Å²) in [5, 5.41) is 6.78. The Morgan fingerprint density at radius 3 is 2.17 bits per heavy atom. The second-order valence-corrected chi connectivity index (χ2v) is 8.25. The molecule has 5 nitrogen and oxygen atoms in total. The number of halogens is 3. The lowest BCUT2D eigenvalue weighted by molar-refractivity contribution is -0.137. The number of nitrogens with one attached hydrogen (secondary N) is 2. The normalized spacial score (nSPS) is 22.6. The standard InChI is InChI=1S/C15H20F3N3O2S/c16-15(17,18)12-1-3-13(4-2-12)24(22,23)21-9-5-14(6-10-21)11-19-7-8-20-14/h1-4,19-20H,5-11H2. The van der Waals surface area contributed by atoms with Crippen molar-refractivity contribution >= 4 is 10.0 Å². The van der Waals surface area contributed by atoms with Gasteiger partial charge in [-0.3, -0.25) is 0 Å². The summed E-state index contributed by atoms with van der Waals surface area (Å²) in [5.74, 6) is 0. The van der Waals surface area contributed by atoms with Gasteiger partial charge in [-0.15, -0.1) is 0 Å². The molecule has 2 aliphatic rings. The zero-order valence-electron chi connectivity index (χ0n) is 13.1. The van der Waals surface area contributed by atoms with E-state index in [1.165, 1.54) is 4.31 Å². The summed E-state index contributed by atoms with van der Waals surface area (Å²) in [6.07, 6.45) is -3.11. The number of benzene rings is 1. The Hall–Kier alpha value is -1.16. The van der Waals surface area contributed by atoms with Crippen LogP contribution in [0, 0.1) is 0 Å². The summed E-state index contributed by atoms with van der Waals surface area (Å²) in [4.78, 5) is -0.0961. The minimum Gasteiger partial charge on any atom is -0.314 e. The molecule has 0 aliphatic carbocycles. The number of sulfonamides is 1. The minimum atomic E-state index is -4.47. The Morgan fingerprint density at radius 1 is 1.04 bits per heavy atom. The third-order valence-electron chi connectivity index (χ3n) is 4.76. The molecule has 1 aromatic rings. The zero-order chi connectivity index (χ0) is 17.4. The molecule has 0 unspecified atom stereocenters. The molecule has 134 valence electrons. The molecule has 1 spiro atoms. The van der Waals surface area contributed by atoms with Crippen molar-refractivity contribution in [2.75, 3.05) is 32.7 Å². The number of piperidine rings is 1. The molecule has 24 heavy (non-hydrogen) atoms. The van der Waals surface area contributed by atoms with E-state index in [1.807, 2.05) is 0 Å². The highest BCUT2D eigenvalue weighted by molar-refractivity contribution is 7.89. The summed E-state index contributed by atoms with van der Waals surface area (Å²) in [7, 11) is -3.76. The molecular formula is C15H20F3N3O2S. The van der Waals surface area contributed by atoms with Gasteiger partial charge in [0.1, 0.15) is 0 Å². The molecule has 2 fully saturated rings. The molecule has 9 heteroatoms. The maximum Gasteiger partial charge on any atom is 0.416 e. The van der Waals surface area contributed by atoms with Gasteiger partial charge in [-0.1, -0.05) is 0 Å². The number of nitrogens with zero attached hydrogens (tertiary/aromatic N) is 1. The Morgan fingerprint density at radius 2 is 1.67 bits per heavy atom. The monoisotopic (exact) mass is 363 g/mol. The van der Waals surface area contributed by atoms with Crippen LogP contribution in [0.5, 0.6) is 0 Å². The summed E-state index contributed by atoms with van der Waals surface area (Å²) < 4.78 is 64.4. The van der Waals surface area contributed by atoms with Crippen LogP contribution in [-0.4, -0.2) is 51.0 Å². The number of rotatable bonds is 2. The topological polar surface area (TPSA) is 61.4 Å². The van der Waals surface area contributed by atoms with E-state index >= 15 is 0 Å². The van der Waals surface area contributed by atoms with E-state index in [-0.39, 0.29) is 10.4 Å². The zero-order valence-corrected chi connectivity index (χ0v) is 13.9. The van der Waals surface area contributed by atoms with E-state index < -0.39 is 21.8 Å². The Balaban J connectivity index is 1.72. The van der Waals surface area contributed by atoms with Crippen molar-refractivity contribution in [2.24, 2.45) is 0 Å². The van der Waals surface area contributed by atoms with Crippen LogP contribution in [0.25, 0.3) is 0 Å². The van der Waals surface area contributed by atoms with Crippen molar-refractivity contribution in [1.29, 1.82) is 0 Å². The highest BCUT2D eigenvalue weighted by atomic mass is 32.2. The van der Waals surface area contributed by atoms with Gasteiger partial charge in [0.15, 0.2) is 0 Å². The van der Waals surface area contributed by atoms with Crippen molar-refractivity contribution < 1.29 is 21.6 Å². The maximum absolute atomic E-state index is 12.6. The molecular weight excluding hydrogens is 343 g/mol. The van der Waals surface area contributed by atoms with Gasteiger partial charge in [-0.25, -0.2) is 8.42 Å². The van der Waals surface area contributed by atoms with Crippen LogP contribution in [0.1, 0.15) is 18.4 Å². The van der Waals surface area contributed by atoms with Gasteiger partial charge < -0.3 is 10.6 Å². The lowest BCUT2D eigenvalue weighted by atomic mass is 9.87. The highest BCUT2D eigenvalue weighted by Crippen LogP contribution is 2.31. The van der Waals surface area contributed by atoms with Gasteiger partial charge >= 0.3 is 6.18 Å². The van der Waals surface area contributed by atoms with Crippen LogP contribution in [0.3, 0.4) is 0 Å². The first-order valence-electron chi connectivity index (χ1n) is 7.86. The molecule has 0 radical (unpaired) electrons. The Labute approximate surface area is 139 Å². The van der Waals surface area contributed by atoms with Crippen LogP contribution < -0.4 is 10.6 Å². The van der Waals surface area contributed by atoms with Crippen LogP contribution in [0.15, 0.2) is 29.2 Å². The number of alkyl halides is 3. The molecule has 2 saturated heterocycles. The first kappa shape index (κ1) is 17.7. The maximum atomic E-state index is 12.6. The van der Waals surface area contributed by atoms with Gasteiger partial charge in [-0.2, -0.15) is 17.5 Å². The van der Waals surface area contributed by atoms with Crippen molar-refractivity contribution in [2.45, 2.75) is 29.5 Å². The third kappa shape index (κ3) is 3.44. The first-order valence-corrected chi connectivity index (χ1v) is 9.30. The van der Waals surface area contributed by atoms with Gasteiger partial charge in [-0.05, 0) is 37.1 Å². The van der Waals surface area contributed by atoms with Gasteiger partial charge in [0.25, 0.3) is 0 Å². The lowest BCUT2D eigenvalue weighted by Crippen LogP contribution is -2.63. The molecule has 0 atom stereocenters. The van der Waals surface area contributed by atoms with E-state index in [9.17, 15) is 21.6 Å². The summed E-state index contributed by atoms with van der Waals surface area (Å²) >= 11 is 0. The molecule has 0 amide bonds. The van der Waals surface area contributed by atoms with Crippen LogP contribution in [-0.2, 0) is 16.2 Å². The van der Waals surface area contributed by atoms with Crippen LogP contribution in [0.4, 0.5) is 13.2 Å². The average molecular weight is 363 g/mol. The van der Waals surface area contributed by atoms with E-state index in [2.05, 4.69) is 10.6 Å². The number of hydrogen-bond donors (Lipinski definition) is 2. The third-order valence-corrected chi connectivity index (χ3v) is 6.68. The Kier molecular flexibility index (Phi) is 4.63. The second-order valence-electron chi connectivity index (χ2n) is 6.31. The molecule has 2 heterocycles. The van der Waals surface area contributed by atoms with E-state index in [0.29, 0.717) is 25.9 Å². The van der Waals surface area contributed by atoms with Crippen molar-refractivity contribution in [3.05, 3.63) is 29.8 Å². The van der Waals surface area contributed by atoms with Gasteiger partial charge in [0.05, 0.1) is 10.5 Å². The molecule has 0 aromatic heterocycles. The average Bonchev–Trinajstić information content (AvgIpc) is 2.55. The van der Waals surface area contributed by atoms with Crippen LogP contribution >= 0.6 is 0 Å². The van der Waals surface area contributed by atoms with Gasteiger partial charge in [0.2, 0.25) is 10.0 Å². The minimum absolute atomic E-state index is 0.0790. The number of hydrogen-bond acceptors (Lipinski definition) is 4. The summed E-state index contributed by atoms with van der Waals surface area (Å²) in [6, 6.07) is 3.68. The van der Waals surface area contributed by atoms with E-state index in [0.717, 1.165) is 43.9 Å². The Bertz CT molecular complexity index is 673. The molecule has 2 N–H and O–H groups in total. The smallest absolute Gasteiger partial charge is 0.314 e.